The Bertz CT molecular complexity index is 642. The zero-order valence-electron chi connectivity index (χ0n) is 9.52. The smallest absolute Gasteiger partial charge is 0.300 e. The molecule has 0 unspecified atom stereocenters. The van der Waals surface area contributed by atoms with Gasteiger partial charge in [0.2, 0.25) is 0 Å². The van der Waals surface area contributed by atoms with Crippen molar-refractivity contribution in [3.8, 4) is 0 Å². The van der Waals surface area contributed by atoms with Gasteiger partial charge in [-0.25, -0.2) is 4.79 Å². The molecule has 0 N–H and O–H groups in total. The lowest BCUT2D eigenvalue weighted by Crippen LogP contribution is -2.26. The number of aryl methyl sites for hydroxylation is 1. The first-order valence-corrected chi connectivity index (χ1v) is 7.66. The molecule has 2 rings (SSSR count). The van der Waals surface area contributed by atoms with Crippen LogP contribution in [0.4, 0.5) is 0 Å². The second-order valence-electron chi connectivity index (χ2n) is 3.66. The van der Waals surface area contributed by atoms with Gasteiger partial charge in [-0.15, -0.1) is 11.3 Å². The monoisotopic (exact) mass is 392 g/mol. The van der Waals surface area contributed by atoms with Gasteiger partial charge in [0.1, 0.15) is 0 Å². The summed E-state index contributed by atoms with van der Waals surface area (Å²) in [6.07, 6.45) is 3.33. The van der Waals surface area contributed by atoms with Crippen LogP contribution < -0.4 is 5.69 Å². The van der Waals surface area contributed by atoms with Crippen LogP contribution in [0.3, 0.4) is 0 Å². The van der Waals surface area contributed by atoms with Crippen LogP contribution in [-0.2, 0) is 13.1 Å². The molecule has 0 aliphatic carbocycles. The number of hydrogen-bond donors (Lipinski definition) is 0. The first-order valence-electron chi connectivity index (χ1n) is 5.26. The summed E-state index contributed by atoms with van der Waals surface area (Å²) in [7, 11) is 0. The quantitative estimate of drug-likeness (QED) is 0.749. The first kappa shape index (κ1) is 13.8. The van der Waals surface area contributed by atoms with Crippen LogP contribution in [0.15, 0.2) is 30.8 Å². The highest BCUT2D eigenvalue weighted by atomic mass is 79.9. The summed E-state index contributed by atoms with van der Waals surface area (Å²) in [6, 6.07) is 1.76. The normalized spacial score (nSPS) is 10.8. The highest BCUT2D eigenvalue weighted by Crippen LogP contribution is 2.32. The number of aromatic nitrogens is 2. The van der Waals surface area contributed by atoms with Crippen molar-refractivity contribution < 1.29 is 4.79 Å². The van der Waals surface area contributed by atoms with E-state index in [-0.39, 0.29) is 18.0 Å². The third kappa shape index (κ3) is 2.67. The number of rotatable bonds is 4. The van der Waals surface area contributed by atoms with E-state index in [0.29, 0.717) is 12.1 Å². The van der Waals surface area contributed by atoms with Crippen molar-refractivity contribution >= 4 is 49.0 Å². The Kier molecular flexibility index (Phi) is 4.24. The minimum atomic E-state index is -0.156. The average molecular weight is 394 g/mol. The van der Waals surface area contributed by atoms with E-state index in [1.807, 2.05) is 6.92 Å². The van der Waals surface area contributed by atoms with Crippen molar-refractivity contribution in [1.29, 1.82) is 0 Å². The van der Waals surface area contributed by atoms with Gasteiger partial charge >= 0.3 is 5.69 Å². The Morgan fingerprint density at radius 3 is 2.50 bits per heavy atom. The van der Waals surface area contributed by atoms with Crippen molar-refractivity contribution in [3.05, 3.63) is 42.1 Å². The lowest BCUT2D eigenvalue weighted by molar-refractivity contribution is 0.0970. The van der Waals surface area contributed by atoms with Crippen LogP contribution in [0, 0.1) is 0 Å². The molecule has 0 atom stereocenters. The molecule has 96 valence electrons. The Hall–Kier alpha value is -0.660. The van der Waals surface area contributed by atoms with Crippen LogP contribution in [0.2, 0.25) is 0 Å². The van der Waals surface area contributed by atoms with Gasteiger partial charge in [-0.1, -0.05) is 0 Å². The van der Waals surface area contributed by atoms with E-state index in [4.69, 9.17) is 0 Å². The largest absolute Gasteiger partial charge is 0.328 e. The molecule has 0 amide bonds. The molecular formula is C11H10Br2N2O2S. The van der Waals surface area contributed by atoms with E-state index in [1.54, 1.807) is 23.0 Å². The molecule has 0 saturated carbocycles. The topological polar surface area (TPSA) is 44.0 Å². The van der Waals surface area contributed by atoms with Gasteiger partial charge in [-0.3, -0.25) is 13.9 Å². The first-order chi connectivity index (χ1) is 8.52. The third-order valence-electron chi connectivity index (χ3n) is 2.53. The third-order valence-corrected chi connectivity index (χ3v) is 4.87. The summed E-state index contributed by atoms with van der Waals surface area (Å²) >= 11 is 8.12. The molecule has 4 nitrogen and oxygen atoms in total. The maximum absolute atomic E-state index is 12.1. The molecule has 0 radical (unpaired) electrons. The highest BCUT2D eigenvalue weighted by Gasteiger charge is 2.15. The second-order valence-corrected chi connectivity index (χ2v) is 7.41. The van der Waals surface area contributed by atoms with Crippen molar-refractivity contribution in [2.24, 2.45) is 0 Å². The van der Waals surface area contributed by atoms with Gasteiger partial charge in [-0.2, -0.15) is 0 Å². The predicted molar refractivity (Wildman–Crippen MR) is 78.4 cm³/mol. The summed E-state index contributed by atoms with van der Waals surface area (Å²) in [5, 5.41) is 0. The molecule has 0 saturated heterocycles. The predicted octanol–water partition coefficient (Wildman–Crippen LogP) is 3.14. The molecule has 0 aliphatic heterocycles. The summed E-state index contributed by atoms with van der Waals surface area (Å²) in [4.78, 5) is 23.9. The van der Waals surface area contributed by atoms with Crippen molar-refractivity contribution in [2.75, 3.05) is 0 Å². The van der Waals surface area contributed by atoms with Crippen LogP contribution in [0.1, 0.15) is 17.3 Å². The molecule has 0 fully saturated rings. The van der Waals surface area contributed by atoms with Gasteiger partial charge in [0.15, 0.2) is 5.78 Å². The van der Waals surface area contributed by atoms with Crippen LogP contribution in [0.5, 0.6) is 0 Å². The van der Waals surface area contributed by atoms with Crippen molar-refractivity contribution in [1.82, 2.24) is 9.13 Å². The van der Waals surface area contributed by atoms with Crippen molar-refractivity contribution in [3.63, 3.8) is 0 Å². The zero-order chi connectivity index (χ0) is 13.3. The fourth-order valence-electron chi connectivity index (χ4n) is 1.58. The van der Waals surface area contributed by atoms with Gasteiger partial charge in [0.25, 0.3) is 0 Å². The number of carbonyl (C=O) groups is 1. The standard InChI is InChI=1S/C11H10Br2N2O2S/c1-2-14-3-4-15(11(14)17)6-8(16)7-5-9(12)18-10(7)13/h3-5H,2,6H2,1H3. The molecular weight excluding hydrogens is 384 g/mol. The van der Waals surface area contributed by atoms with Crippen LogP contribution in [0.25, 0.3) is 0 Å². The second kappa shape index (κ2) is 5.54. The van der Waals surface area contributed by atoms with E-state index in [1.165, 1.54) is 15.9 Å². The lowest BCUT2D eigenvalue weighted by Gasteiger charge is -2.00. The summed E-state index contributed by atoms with van der Waals surface area (Å²) in [5.74, 6) is -0.0835. The Morgan fingerprint density at radius 1 is 1.33 bits per heavy atom. The van der Waals surface area contributed by atoms with Gasteiger partial charge < -0.3 is 0 Å². The SMILES string of the molecule is CCn1ccn(CC(=O)c2cc(Br)sc2Br)c1=O. The fraction of sp³-hybridized carbons (Fsp3) is 0.273. The molecule has 18 heavy (non-hydrogen) atoms. The van der Waals surface area contributed by atoms with Gasteiger partial charge in [-0.05, 0) is 44.8 Å². The molecule has 2 aromatic heterocycles. The molecule has 2 aromatic rings. The number of carbonyl (C=O) groups excluding carboxylic acids is 1. The highest BCUT2D eigenvalue weighted by molar-refractivity contribution is 9.12. The van der Waals surface area contributed by atoms with E-state index in [2.05, 4.69) is 31.9 Å². The molecule has 0 bridgehead atoms. The average Bonchev–Trinajstić information content (AvgIpc) is 2.83. The number of thiophene rings is 1. The van der Waals surface area contributed by atoms with Crippen LogP contribution >= 0.6 is 43.2 Å². The Balaban J connectivity index is 2.24. The molecule has 0 aliphatic rings. The number of hydrogen-bond acceptors (Lipinski definition) is 3. The molecule has 0 spiro atoms. The van der Waals surface area contributed by atoms with E-state index in [9.17, 15) is 9.59 Å². The minimum Gasteiger partial charge on any atom is -0.300 e. The van der Waals surface area contributed by atoms with Gasteiger partial charge in [0.05, 0.1) is 14.1 Å². The Morgan fingerprint density at radius 2 is 2.00 bits per heavy atom. The van der Waals surface area contributed by atoms with E-state index in [0.717, 1.165) is 7.57 Å². The van der Waals surface area contributed by atoms with Crippen molar-refractivity contribution in [2.45, 2.75) is 20.0 Å². The lowest BCUT2D eigenvalue weighted by atomic mass is 10.2. The summed E-state index contributed by atoms with van der Waals surface area (Å²) < 4.78 is 4.65. The number of halogens is 2. The Labute approximate surface area is 124 Å². The number of imidazole rings is 1. The number of ketones is 1. The van der Waals surface area contributed by atoms with Gasteiger partial charge in [0, 0.05) is 24.5 Å². The minimum absolute atomic E-state index is 0.0631. The summed E-state index contributed by atoms with van der Waals surface area (Å²) in [5.41, 5.74) is 0.444. The number of Topliss-reactive ketones (excluding diaryl/α,β-unsaturated/α-hetero) is 1. The van der Waals surface area contributed by atoms with E-state index >= 15 is 0 Å². The maximum Gasteiger partial charge on any atom is 0.328 e. The maximum atomic E-state index is 12.1. The fourth-order valence-corrected chi connectivity index (χ4v) is 4.44. The summed E-state index contributed by atoms with van der Waals surface area (Å²) in [6.45, 7) is 2.56. The van der Waals surface area contributed by atoms with Crippen LogP contribution in [-0.4, -0.2) is 14.9 Å². The molecule has 7 heteroatoms. The molecule has 2 heterocycles. The zero-order valence-corrected chi connectivity index (χ0v) is 13.5. The van der Waals surface area contributed by atoms with E-state index < -0.39 is 0 Å². The number of nitrogens with zero attached hydrogens (tertiary/aromatic N) is 2. The molecule has 0 aromatic carbocycles.